The van der Waals surface area contributed by atoms with Crippen LogP contribution in [0.4, 0.5) is 15.8 Å². The minimum Gasteiger partial charge on any atom is -0.326 e. The molecule has 0 saturated heterocycles. The van der Waals surface area contributed by atoms with E-state index < -0.39 is 0 Å². The number of rotatable bonds is 9. The zero-order valence-corrected chi connectivity index (χ0v) is 19.1. The van der Waals surface area contributed by atoms with E-state index >= 15 is 0 Å². The Morgan fingerprint density at radius 1 is 1.03 bits per heavy atom. The Balaban J connectivity index is 1.53. The third-order valence-corrected chi connectivity index (χ3v) is 5.99. The number of amides is 2. The van der Waals surface area contributed by atoms with Crippen LogP contribution in [0.1, 0.15) is 30.3 Å². The Morgan fingerprint density at radius 3 is 2.50 bits per heavy atom. The summed E-state index contributed by atoms with van der Waals surface area (Å²) in [6, 6.07) is 11.4. The maximum absolute atomic E-state index is 13.0. The average Bonchev–Trinajstić information content (AvgIpc) is 3.17. The van der Waals surface area contributed by atoms with Crippen LogP contribution < -0.4 is 10.6 Å². The number of halogens is 1. The van der Waals surface area contributed by atoms with Crippen LogP contribution in [0.25, 0.3) is 0 Å². The van der Waals surface area contributed by atoms with Gasteiger partial charge in [-0.15, -0.1) is 10.2 Å². The van der Waals surface area contributed by atoms with E-state index in [1.165, 1.54) is 36.0 Å². The fourth-order valence-electron chi connectivity index (χ4n) is 3.11. The molecule has 3 aromatic rings. The topological polar surface area (TPSA) is 88.9 Å². The van der Waals surface area contributed by atoms with E-state index in [0.29, 0.717) is 29.6 Å². The molecule has 2 aromatic carbocycles. The lowest BCUT2D eigenvalue weighted by molar-refractivity contribution is -0.116. The Morgan fingerprint density at radius 2 is 1.78 bits per heavy atom. The van der Waals surface area contributed by atoms with Gasteiger partial charge >= 0.3 is 0 Å². The molecule has 2 amide bonds. The summed E-state index contributed by atoms with van der Waals surface area (Å²) in [6.45, 7) is 6.57. The highest BCUT2D eigenvalue weighted by molar-refractivity contribution is 7.99. The maximum Gasteiger partial charge on any atom is 0.234 e. The van der Waals surface area contributed by atoms with Crippen LogP contribution in [0.15, 0.2) is 47.6 Å². The Bertz CT molecular complexity index is 1100. The number of carbonyl (C=O) groups excluding carboxylic acids is 2. The average molecular weight is 456 g/mol. The number of nitrogens with zero attached hydrogens (tertiary/aromatic N) is 3. The maximum atomic E-state index is 13.0. The molecule has 0 spiro atoms. The summed E-state index contributed by atoms with van der Waals surface area (Å²) in [5.41, 5.74) is 3.51. The summed E-state index contributed by atoms with van der Waals surface area (Å²) in [4.78, 5) is 24.6. The van der Waals surface area contributed by atoms with Crippen molar-refractivity contribution in [1.29, 1.82) is 0 Å². The lowest BCUT2D eigenvalue weighted by Crippen LogP contribution is -2.16. The summed E-state index contributed by atoms with van der Waals surface area (Å²) in [6.07, 6.45) is 0.621. The zero-order chi connectivity index (χ0) is 23.1. The third kappa shape index (κ3) is 6.16. The number of carbonyl (C=O) groups is 2. The molecule has 168 valence electrons. The van der Waals surface area contributed by atoms with E-state index in [2.05, 4.69) is 20.8 Å². The number of anilines is 2. The van der Waals surface area contributed by atoms with Crippen LogP contribution in [-0.2, 0) is 22.6 Å². The molecule has 0 atom stereocenters. The van der Waals surface area contributed by atoms with Crippen LogP contribution >= 0.6 is 11.8 Å². The van der Waals surface area contributed by atoms with Crippen molar-refractivity contribution in [1.82, 2.24) is 14.8 Å². The molecule has 1 heterocycles. The molecule has 3 rings (SSSR count). The molecular weight excluding hydrogens is 429 g/mol. The van der Waals surface area contributed by atoms with Crippen molar-refractivity contribution in [2.45, 2.75) is 45.3 Å². The van der Waals surface area contributed by atoms with Gasteiger partial charge in [0.25, 0.3) is 0 Å². The van der Waals surface area contributed by atoms with Crippen molar-refractivity contribution in [3.63, 3.8) is 0 Å². The monoisotopic (exact) mass is 455 g/mol. The molecule has 9 heteroatoms. The van der Waals surface area contributed by atoms with Crippen LogP contribution in [0, 0.1) is 19.7 Å². The lowest BCUT2D eigenvalue weighted by atomic mass is 10.1. The first-order chi connectivity index (χ1) is 15.4. The van der Waals surface area contributed by atoms with E-state index in [0.717, 1.165) is 16.8 Å². The number of hydrogen-bond donors (Lipinski definition) is 2. The summed E-state index contributed by atoms with van der Waals surface area (Å²) in [7, 11) is 0. The Hall–Kier alpha value is -3.20. The van der Waals surface area contributed by atoms with Gasteiger partial charge in [-0.05, 0) is 62.2 Å². The highest BCUT2D eigenvalue weighted by Crippen LogP contribution is 2.21. The molecule has 0 radical (unpaired) electrons. The van der Waals surface area contributed by atoms with Crippen LogP contribution in [0.3, 0.4) is 0 Å². The highest BCUT2D eigenvalue weighted by Gasteiger charge is 2.15. The summed E-state index contributed by atoms with van der Waals surface area (Å²) >= 11 is 1.31. The van der Waals surface area contributed by atoms with E-state index in [4.69, 9.17) is 0 Å². The van der Waals surface area contributed by atoms with Crippen LogP contribution in [0.2, 0.25) is 0 Å². The lowest BCUT2D eigenvalue weighted by Gasteiger charge is -2.10. The van der Waals surface area contributed by atoms with Gasteiger partial charge in [0.05, 0.1) is 5.75 Å². The van der Waals surface area contributed by atoms with Crippen LogP contribution in [0.5, 0.6) is 0 Å². The summed E-state index contributed by atoms with van der Waals surface area (Å²) in [5.74, 6) is 0.223. The fourth-order valence-corrected chi connectivity index (χ4v) is 3.93. The van der Waals surface area contributed by atoms with Crippen molar-refractivity contribution in [2.24, 2.45) is 0 Å². The number of aromatic nitrogens is 3. The quantitative estimate of drug-likeness (QED) is 0.468. The van der Waals surface area contributed by atoms with Gasteiger partial charge in [0.1, 0.15) is 11.6 Å². The number of aryl methyl sites for hydroxylation is 2. The van der Waals surface area contributed by atoms with E-state index in [9.17, 15) is 14.0 Å². The second-order valence-corrected chi connectivity index (χ2v) is 8.22. The van der Waals surface area contributed by atoms with Gasteiger partial charge in [0.2, 0.25) is 11.8 Å². The largest absolute Gasteiger partial charge is 0.326 e. The van der Waals surface area contributed by atoms with Crippen LogP contribution in [-0.4, -0.2) is 32.3 Å². The molecule has 0 aliphatic rings. The molecule has 1 aromatic heterocycles. The number of nitrogens with one attached hydrogen (secondary N) is 2. The third-order valence-electron chi connectivity index (χ3n) is 5.02. The van der Waals surface area contributed by atoms with Crippen molar-refractivity contribution in [2.75, 3.05) is 16.4 Å². The number of hydrogen-bond acceptors (Lipinski definition) is 5. The first-order valence-corrected chi connectivity index (χ1v) is 11.3. The molecule has 0 unspecified atom stereocenters. The van der Waals surface area contributed by atoms with Gasteiger partial charge in [-0.1, -0.05) is 23.9 Å². The Kier molecular flexibility index (Phi) is 7.99. The molecular formula is C23H26FN5O2S. The van der Waals surface area contributed by atoms with Crippen molar-refractivity contribution in [3.05, 3.63) is 65.2 Å². The Labute approximate surface area is 190 Å². The number of thioether (sulfide) groups is 1. The fraction of sp³-hybridized carbons (Fsp3) is 0.304. The molecule has 2 N–H and O–H groups in total. The smallest absolute Gasteiger partial charge is 0.234 e. The van der Waals surface area contributed by atoms with E-state index in [1.54, 1.807) is 0 Å². The van der Waals surface area contributed by atoms with Crippen molar-refractivity contribution < 1.29 is 14.0 Å². The predicted octanol–water partition coefficient (Wildman–Crippen LogP) is 4.36. The molecule has 0 aliphatic heterocycles. The van der Waals surface area contributed by atoms with Crippen molar-refractivity contribution in [3.8, 4) is 0 Å². The summed E-state index contributed by atoms with van der Waals surface area (Å²) in [5, 5.41) is 14.7. The SMILES string of the molecule is CCn1c(CCC(=O)Nc2ccc(F)cc2)nnc1SCC(=O)Nc1cccc(C)c1C. The van der Waals surface area contributed by atoms with Crippen molar-refractivity contribution >= 4 is 35.0 Å². The van der Waals surface area contributed by atoms with Gasteiger partial charge in [0, 0.05) is 30.8 Å². The molecule has 0 saturated carbocycles. The second kappa shape index (κ2) is 10.9. The number of benzene rings is 2. The molecule has 0 fully saturated rings. The van der Waals surface area contributed by atoms with Gasteiger partial charge in [-0.2, -0.15) is 0 Å². The minimum absolute atomic E-state index is 0.116. The van der Waals surface area contributed by atoms with Gasteiger partial charge in [-0.3, -0.25) is 9.59 Å². The van der Waals surface area contributed by atoms with Gasteiger partial charge in [-0.25, -0.2) is 4.39 Å². The summed E-state index contributed by atoms with van der Waals surface area (Å²) < 4.78 is 14.9. The molecule has 0 aliphatic carbocycles. The molecule has 7 nitrogen and oxygen atoms in total. The standard InChI is InChI=1S/C23H26FN5O2S/c1-4-29-20(12-13-21(30)25-18-10-8-17(24)9-11-18)27-28-23(29)32-14-22(31)26-19-7-5-6-15(2)16(19)3/h5-11H,4,12-14H2,1-3H3,(H,25,30)(H,26,31). The molecule has 32 heavy (non-hydrogen) atoms. The normalized spacial score (nSPS) is 10.8. The predicted molar refractivity (Wildman–Crippen MR) is 124 cm³/mol. The second-order valence-electron chi connectivity index (χ2n) is 7.28. The van der Waals surface area contributed by atoms with E-state index in [-0.39, 0.29) is 29.8 Å². The minimum atomic E-state index is -0.355. The van der Waals surface area contributed by atoms with Gasteiger partial charge < -0.3 is 15.2 Å². The highest BCUT2D eigenvalue weighted by atomic mass is 32.2. The molecule has 0 bridgehead atoms. The van der Waals surface area contributed by atoms with Gasteiger partial charge in [0.15, 0.2) is 5.16 Å². The first-order valence-electron chi connectivity index (χ1n) is 10.3. The zero-order valence-electron chi connectivity index (χ0n) is 18.3. The van der Waals surface area contributed by atoms with E-state index in [1.807, 2.05) is 43.5 Å². The first kappa shape index (κ1) is 23.5.